The second-order valence-corrected chi connectivity index (χ2v) is 23.3. The fourth-order valence-electron chi connectivity index (χ4n) is 10.0. The number of hydrogen-bond acceptors (Lipinski definition) is 16. The van der Waals surface area contributed by atoms with Crippen molar-refractivity contribution in [2.24, 2.45) is 20.8 Å². The number of hydrogen-bond donors (Lipinski definition) is 4. The van der Waals surface area contributed by atoms with Crippen LogP contribution < -0.4 is 20.1 Å². The molecule has 4 heterocycles. The van der Waals surface area contributed by atoms with Gasteiger partial charge in [0, 0.05) is 23.1 Å². The van der Waals surface area contributed by atoms with Crippen LogP contribution in [0.1, 0.15) is 150 Å². The third-order valence-corrected chi connectivity index (χ3v) is 17.0. The molecule has 392 valence electrons. The van der Waals surface area contributed by atoms with Gasteiger partial charge >= 0.3 is 0 Å². The molecule has 0 radical (unpaired) electrons. The van der Waals surface area contributed by atoms with Gasteiger partial charge in [-0.15, -0.1) is 0 Å². The van der Waals surface area contributed by atoms with Crippen LogP contribution in [0.25, 0.3) is 11.4 Å². The summed E-state index contributed by atoms with van der Waals surface area (Å²) < 4.78 is 65.7. The number of aromatic nitrogens is 4. The Balaban J connectivity index is 0.000000198. The topological polar surface area (TPSA) is 287 Å². The molecule has 0 spiro atoms. The zero-order chi connectivity index (χ0) is 52.8. The van der Waals surface area contributed by atoms with Gasteiger partial charge in [-0.25, -0.2) is 16.8 Å². The van der Waals surface area contributed by atoms with Gasteiger partial charge in [0.2, 0.25) is 29.2 Å². The number of amidine groups is 2. The largest absolute Gasteiger partial charge is 0.344 e. The number of aliphatic imine (C=N–C) groups is 2. The molecule has 9 rings (SSSR count). The molecule has 0 bridgehead atoms. The number of rotatable bonds is 18. The van der Waals surface area contributed by atoms with E-state index in [1.54, 1.807) is 62.4 Å². The van der Waals surface area contributed by atoms with E-state index in [9.17, 15) is 36.0 Å². The Morgan fingerprint density at radius 1 is 0.608 bits per heavy atom. The number of nitrogens with zero attached hydrogens (tertiary/aromatic N) is 6. The molecule has 22 heteroatoms. The molecule has 5 aromatic rings. The van der Waals surface area contributed by atoms with Crippen molar-refractivity contribution in [1.82, 2.24) is 40.4 Å². The molecule has 2 amide bonds. The SMILES string of the molecule is CC[C@H](NC(=O)C(CC1(C)CCCC1)N=C1NS(=O)(=O)c2ccccc21)C(=O)c1nc(-c2ccccc2)no1.CCc1noc(C(=O)[C@H](CC)NC(=O)[C@H](CC2(C)CCCC2)N=C2NS(=O)(=O)c3ccccc32)n1. The summed E-state index contributed by atoms with van der Waals surface area (Å²) in [7, 11) is -7.50. The molecule has 4 aliphatic rings. The summed E-state index contributed by atoms with van der Waals surface area (Å²) in [6.07, 6.45) is 10.1. The molecule has 74 heavy (non-hydrogen) atoms. The maximum Gasteiger partial charge on any atom is 0.296 e. The van der Waals surface area contributed by atoms with Crippen molar-refractivity contribution < 1.29 is 45.1 Å². The smallest absolute Gasteiger partial charge is 0.296 e. The van der Waals surface area contributed by atoms with E-state index in [4.69, 9.17) is 9.05 Å². The van der Waals surface area contributed by atoms with E-state index in [0.29, 0.717) is 54.6 Å². The molecule has 2 fully saturated rings. The highest BCUT2D eigenvalue weighted by atomic mass is 32.2. The summed E-state index contributed by atoms with van der Waals surface area (Å²) in [6, 6.07) is 18.7. The monoisotopic (exact) mass is 1050 g/mol. The Morgan fingerprint density at radius 3 is 1.46 bits per heavy atom. The molecule has 2 saturated carbocycles. The molecular weight excluding hydrogens is 989 g/mol. The van der Waals surface area contributed by atoms with E-state index in [1.807, 2.05) is 25.1 Å². The zero-order valence-corrected chi connectivity index (χ0v) is 43.7. The van der Waals surface area contributed by atoms with Crippen LogP contribution in [0.4, 0.5) is 0 Å². The fraction of sp³-hybridized carbons (Fsp3) is 0.462. The molecule has 2 aromatic heterocycles. The molecule has 1 unspecified atom stereocenters. The van der Waals surface area contributed by atoms with E-state index in [1.165, 1.54) is 12.1 Å². The summed E-state index contributed by atoms with van der Waals surface area (Å²) in [4.78, 5) is 71.1. The van der Waals surface area contributed by atoms with Crippen molar-refractivity contribution in [2.45, 2.75) is 152 Å². The Bertz CT molecular complexity index is 3180. The van der Waals surface area contributed by atoms with Gasteiger partial charge in [-0.1, -0.05) is 125 Å². The van der Waals surface area contributed by atoms with Crippen LogP contribution in [0.3, 0.4) is 0 Å². The van der Waals surface area contributed by atoms with Crippen molar-refractivity contribution >= 4 is 55.1 Å². The lowest BCUT2D eigenvalue weighted by Crippen LogP contribution is -2.46. The summed E-state index contributed by atoms with van der Waals surface area (Å²) in [5.74, 6) is -1.20. The van der Waals surface area contributed by atoms with E-state index in [2.05, 4.69) is 64.2 Å². The number of sulfonamides is 2. The van der Waals surface area contributed by atoms with Crippen molar-refractivity contribution in [3.05, 3.63) is 108 Å². The van der Waals surface area contributed by atoms with E-state index >= 15 is 0 Å². The first-order valence-corrected chi connectivity index (χ1v) is 28.1. The molecule has 3 aromatic carbocycles. The number of carbonyl (C=O) groups excluding carboxylic acids is 4. The fourth-order valence-corrected chi connectivity index (χ4v) is 12.5. The number of amides is 2. The van der Waals surface area contributed by atoms with Crippen LogP contribution in [0, 0.1) is 10.8 Å². The van der Waals surface area contributed by atoms with Gasteiger partial charge in [-0.2, -0.15) is 9.97 Å². The molecule has 0 saturated heterocycles. The first kappa shape index (κ1) is 53.4. The number of aryl methyl sites for hydroxylation is 1. The standard InChI is InChI=1S/C28H31N5O5S.C24H31N5O5S/c1-3-20(23(34)27-31-24(32-38-27)18-11-5-4-6-12-18)30-26(35)21(17-28(2)15-9-10-16-28)29-25-19-13-7-8-14-22(19)39(36,37)33-25;1-4-16(20(30)23-27-19(5-2)28-34-23)26-22(31)17(14-24(3)12-8-9-13-24)25-21-15-10-6-7-11-18(15)35(32,33)29-21/h4-8,11-14,20-21H,3,9-10,15-17H2,1-2H3,(H,29,33)(H,30,35);6-7,10-11,16-17H,4-5,8-9,12-14H2,1-3H3,(H,25,29)(H,26,31)/t20-,21?;16-,17-/m00/s1. The van der Waals surface area contributed by atoms with Crippen LogP contribution in [0.2, 0.25) is 0 Å². The number of Topliss-reactive ketones (excluding diaryl/α,β-unsaturated/α-hetero) is 2. The third kappa shape index (κ3) is 12.0. The molecule has 2 aliphatic carbocycles. The lowest BCUT2D eigenvalue weighted by molar-refractivity contribution is -0.124. The van der Waals surface area contributed by atoms with Gasteiger partial charge in [0.15, 0.2) is 5.82 Å². The minimum absolute atomic E-state index is 0.0999. The Morgan fingerprint density at radius 2 is 1.03 bits per heavy atom. The average Bonchev–Trinajstić information content (AvgIpc) is 4.28. The summed E-state index contributed by atoms with van der Waals surface area (Å²) in [5.41, 5.74) is 1.35. The minimum Gasteiger partial charge on any atom is -0.344 e. The number of fused-ring (bicyclic) bond motifs is 2. The van der Waals surface area contributed by atoms with Crippen molar-refractivity contribution in [1.29, 1.82) is 0 Å². The van der Waals surface area contributed by atoms with Crippen LogP contribution >= 0.6 is 0 Å². The number of benzene rings is 3. The van der Waals surface area contributed by atoms with Crippen molar-refractivity contribution in [3.8, 4) is 11.4 Å². The number of carbonyl (C=O) groups is 4. The highest BCUT2D eigenvalue weighted by Crippen LogP contribution is 2.43. The minimum atomic E-state index is -3.76. The second-order valence-electron chi connectivity index (χ2n) is 20.0. The first-order valence-electron chi connectivity index (χ1n) is 25.2. The molecule has 20 nitrogen and oxygen atoms in total. The number of ketones is 2. The van der Waals surface area contributed by atoms with E-state index in [-0.39, 0.29) is 49.9 Å². The maximum absolute atomic E-state index is 13.7. The second kappa shape index (κ2) is 22.3. The Kier molecular flexibility index (Phi) is 16.1. The van der Waals surface area contributed by atoms with Gasteiger partial charge in [-0.05, 0) is 86.5 Å². The average molecular weight is 1050 g/mol. The van der Waals surface area contributed by atoms with Gasteiger partial charge < -0.3 is 19.7 Å². The maximum atomic E-state index is 13.7. The third-order valence-electron chi connectivity index (χ3n) is 14.2. The van der Waals surface area contributed by atoms with Crippen LogP contribution in [0.15, 0.2) is 108 Å². The first-order chi connectivity index (χ1) is 35.3. The van der Waals surface area contributed by atoms with E-state index < -0.39 is 67.6 Å². The molecule has 4 atom stereocenters. The van der Waals surface area contributed by atoms with Gasteiger partial charge in [-0.3, -0.25) is 38.6 Å². The lowest BCUT2D eigenvalue weighted by Gasteiger charge is -2.28. The van der Waals surface area contributed by atoms with Crippen LogP contribution in [-0.4, -0.2) is 96.3 Å². The molecule has 2 aliphatic heterocycles. The predicted octanol–water partition coefficient (Wildman–Crippen LogP) is 6.68. The molecular formula is C52H62N10O10S2. The van der Waals surface area contributed by atoms with Crippen LogP contribution in [0.5, 0.6) is 0 Å². The Labute approximate surface area is 430 Å². The van der Waals surface area contributed by atoms with E-state index in [0.717, 1.165) is 51.4 Å². The van der Waals surface area contributed by atoms with Crippen LogP contribution in [-0.2, 0) is 36.1 Å². The molecule has 4 N–H and O–H groups in total. The summed E-state index contributed by atoms with van der Waals surface area (Å²) in [5, 5.41) is 13.3. The van der Waals surface area contributed by atoms with Crippen molar-refractivity contribution in [3.63, 3.8) is 0 Å². The predicted molar refractivity (Wildman–Crippen MR) is 273 cm³/mol. The quantitative estimate of drug-likeness (QED) is 0.0666. The Hall–Kier alpha value is -6.94. The highest BCUT2D eigenvalue weighted by Gasteiger charge is 2.40. The lowest BCUT2D eigenvalue weighted by atomic mass is 9.82. The number of nitrogens with one attached hydrogen (secondary N) is 4. The highest BCUT2D eigenvalue weighted by molar-refractivity contribution is 7.91. The normalized spacial score (nSPS) is 20.2. The zero-order valence-electron chi connectivity index (χ0n) is 42.1. The van der Waals surface area contributed by atoms with Gasteiger partial charge in [0.1, 0.15) is 23.8 Å². The van der Waals surface area contributed by atoms with Gasteiger partial charge in [0.05, 0.1) is 21.9 Å². The van der Waals surface area contributed by atoms with Gasteiger partial charge in [0.25, 0.3) is 31.8 Å². The summed E-state index contributed by atoms with van der Waals surface area (Å²) >= 11 is 0. The van der Waals surface area contributed by atoms with Crippen molar-refractivity contribution in [2.75, 3.05) is 0 Å². The summed E-state index contributed by atoms with van der Waals surface area (Å²) in [6.45, 7) is 9.65.